The highest BCUT2D eigenvalue weighted by Gasteiger charge is 2.23. The minimum absolute atomic E-state index is 0.0101. The van der Waals surface area contributed by atoms with Crippen molar-refractivity contribution in [2.24, 2.45) is 0 Å². The summed E-state index contributed by atoms with van der Waals surface area (Å²) in [5, 5.41) is 0. The Kier molecular flexibility index (Phi) is 5.67. The van der Waals surface area contributed by atoms with Crippen molar-refractivity contribution >= 4 is 79.6 Å². The Morgan fingerprint density at radius 3 is 2.00 bits per heavy atom. The quantitative estimate of drug-likeness (QED) is 0.255. The van der Waals surface area contributed by atoms with E-state index < -0.39 is 11.6 Å². The molecule has 0 aliphatic heterocycles. The molecule has 1 nitrogen and oxygen atoms in total. The van der Waals surface area contributed by atoms with E-state index >= 15 is 0 Å². The maximum Gasteiger partial charge on any atom is 0.182 e. The van der Waals surface area contributed by atoms with Gasteiger partial charge in [-0.3, -0.25) is 0 Å². The number of hydrogen-bond acceptors (Lipinski definition) is 1. The molecule has 0 aromatic heterocycles. The van der Waals surface area contributed by atoms with E-state index in [1.807, 2.05) is 0 Å². The third-order valence-corrected chi connectivity index (χ3v) is 6.12. The second-order valence-electron chi connectivity index (χ2n) is 3.58. The molecule has 0 spiro atoms. The molecule has 2 rings (SSSR count). The molecule has 8 heteroatoms. The molecule has 0 saturated carbocycles. The van der Waals surface area contributed by atoms with E-state index in [1.165, 1.54) is 0 Å². The van der Waals surface area contributed by atoms with Crippen molar-refractivity contribution in [2.75, 3.05) is 0 Å². The number of hydrogen-bond donors (Lipinski definition) is 0. The third kappa shape index (κ3) is 3.29. The zero-order valence-electron chi connectivity index (χ0n) is 9.29. The Hall–Kier alpha value is 0.500. The van der Waals surface area contributed by atoms with Crippen LogP contribution in [0.15, 0.2) is 40.6 Å². The van der Waals surface area contributed by atoms with E-state index in [4.69, 9.17) is 4.74 Å². The fourth-order valence-electron chi connectivity index (χ4n) is 1.34. The van der Waals surface area contributed by atoms with Crippen molar-refractivity contribution in [3.8, 4) is 11.5 Å². The van der Waals surface area contributed by atoms with Crippen molar-refractivity contribution in [3.05, 3.63) is 52.2 Å². The second-order valence-corrected chi connectivity index (χ2v) is 7.72. The number of halogens is 7. The van der Waals surface area contributed by atoms with E-state index in [1.54, 1.807) is 18.2 Å². The molecule has 0 heterocycles. The first-order valence-corrected chi connectivity index (χ1v) is 8.93. The Morgan fingerprint density at radius 2 is 1.40 bits per heavy atom. The first-order chi connectivity index (χ1) is 9.32. The summed E-state index contributed by atoms with van der Waals surface area (Å²) in [6.45, 7) is 0. The topological polar surface area (TPSA) is 9.23 Å². The summed E-state index contributed by atoms with van der Waals surface area (Å²) in [4.78, 5) is 0. The fraction of sp³-hybridized carbons (Fsp3) is 0. The number of rotatable bonds is 2. The van der Waals surface area contributed by atoms with Gasteiger partial charge >= 0.3 is 0 Å². The highest BCUT2D eigenvalue weighted by atomic mass is 79.9. The lowest BCUT2D eigenvalue weighted by Crippen LogP contribution is -1.96. The predicted molar refractivity (Wildman–Crippen MR) is 91.4 cm³/mol. The van der Waals surface area contributed by atoms with Crippen molar-refractivity contribution in [1.29, 1.82) is 0 Å². The van der Waals surface area contributed by atoms with Gasteiger partial charge in [-0.1, -0.05) is 15.9 Å². The first-order valence-electron chi connectivity index (χ1n) is 4.97. The van der Waals surface area contributed by atoms with Gasteiger partial charge in [0.1, 0.15) is 10.2 Å². The van der Waals surface area contributed by atoms with Crippen molar-refractivity contribution in [1.82, 2.24) is 0 Å². The van der Waals surface area contributed by atoms with Crippen LogP contribution in [0.4, 0.5) is 8.78 Å². The smallest absolute Gasteiger partial charge is 0.182 e. The molecule has 0 N–H and O–H groups in total. The van der Waals surface area contributed by atoms with Crippen molar-refractivity contribution < 1.29 is 13.5 Å². The van der Waals surface area contributed by atoms with Crippen molar-refractivity contribution in [3.63, 3.8) is 0 Å². The largest absolute Gasteiger partial charge is 0.452 e. The summed E-state index contributed by atoms with van der Waals surface area (Å²) in [6.07, 6.45) is 0. The van der Waals surface area contributed by atoms with Crippen LogP contribution in [0.5, 0.6) is 11.5 Å². The fourth-order valence-corrected chi connectivity index (χ4v) is 3.92. The van der Waals surface area contributed by atoms with Crippen LogP contribution in [0.3, 0.4) is 0 Å². The average molecular weight is 601 g/mol. The summed E-state index contributed by atoms with van der Waals surface area (Å²) in [5.41, 5.74) is 0. The third-order valence-electron chi connectivity index (χ3n) is 2.28. The monoisotopic (exact) mass is 596 g/mol. The Bertz CT molecular complexity index is 661. The molecule has 20 heavy (non-hydrogen) atoms. The molecule has 0 atom stereocenters. The van der Waals surface area contributed by atoms with Crippen LogP contribution in [-0.4, -0.2) is 0 Å². The SMILES string of the molecule is Fc1c(Br)c(Br)c(F)c(Oc2ccc(Br)cc2Br)c1Br. The normalized spacial score (nSPS) is 10.8. The summed E-state index contributed by atoms with van der Waals surface area (Å²) in [7, 11) is 0. The van der Waals surface area contributed by atoms with Gasteiger partial charge < -0.3 is 4.74 Å². The molecule has 0 aliphatic rings. The minimum atomic E-state index is -0.708. The van der Waals surface area contributed by atoms with Crippen molar-refractivity contribution in [2.45, 2.75) is 0 Å². The molecule has 0 fully saturated rings. The lowest BCUT2D eigenvalue weighted by molar-refractivity contribution is 0.427. The molecule has 0 radical (unpaired) electrons. The highest BCUT2D eigenvalue weighted by molar-refractivity contribution is 9.13. The molecule has 106 valence electrons. The molecule has 0 aliphatic carbocycles. The van der Waals surface area contributed by atoms with Gasteiger partial charge in [0.05, 0.1) is 13.4 Å². The van der Waals surface area contributed by atoms with Crippen LogP contribution in [-0.2, 0) is 0 Å². The second kappa shape index (κ2) is 6.73. The lowest BCUT2D eigenvalue weighted by atomic mass is 10.3. The molecule has 0 saturated heterocycles. The Balaban J connectivity index is 2.54. The Labute approximate surface area is 155 Å². The van der Waals surface area contributed by atoms with Crippen LogP contribution in [0.2, 0.25) is 0 Å². The van der Waals surface area contributed by atoms with Crippen LogP contribution >= 0.6 is 79.6 Å². The van der Waals surface area contributed by atoms with Gasteiger partial charge in [-0.15, -0.1) is 0 Å². The van der Waals surface area contributed by atoms with E-state index in [-0.39, 0.29) is 19.2 Å². The number of ether oxygens (including phenoxy) is 1. The molecule has 0 bridgehead atoms. The van der Waals surface area contributed by atoms with Crippen LogP contribution < -0.4 is 4.74 Å². The van der Waals surface area contributed by atoms with E-state index in [0.717, 1.165) is 4.47 Å². The summed E-state index contributed by atoms with van der Waals surface area (Å²) in [6, 6.07) is 5.11. The highest BCUT2D eigenvalue weighted by Crippen LogP contribution is 2.44. The molecular weight excluding hydrogens is 598 g/mol. The van der Waals surface area contributed by atoms with Gasteiger partial charge in [-0.25, -0.2) is 8.78 Å². The molecule has 2 aromatic carbocycles. The molecule has 0 amide bonds. The van der Waals surface area contributed by atoms with Gasteiger partial charge in [-0.05, 0) is 81.9 Å². The molecule has 2 aromatic rings. The molecule has 0 unspecified atom stereocenters. The number of benzene rings is 2. The lowest BCUT2D eigenvalue weighted by Gasteiger charge is -2.13. The van der Waals surface area contributed by atoms with Gasteiger partial charge in [-0.2, -0.15) is 0 Å². The van der Waals surface area contributed by atoms with Gasteiger partial charge in [0.2, 0.25) is 0 Å². The van der Waals surface area contributed by atoms with Gasteiger partial charge in [0.15, 0.2) is 17.4 Å². The van der Waals surface area contributed by atoms with Crippen LogP contribution in [0.25, 0.3) is 0 Å². The van der Waals surface area contributed by atoms with Gasteiger partial charge in [0, 0.05) is 4.47 Å². The summed E-state index contributed by atoms with van der Waals surface area (Å²) in [5.74, 6) is -1.23. The van der Waals surface area contributed by atoms with E-state index in [9.17, 15) is 8.78 Å². The van der Waals surface area contributed by atoms with Crippen LogP contribution in [0.1, 0.15) is 0 Å². The maximum absolute atomic E-state index is 14.2. The van der Waals surface area contributed by atoms with E-state index in [2.05, 4.69) is 79.6 Å². The predicted octanol–water partition coefficient (Wildman–Crippen LogP) is 7.57. The summed E-state index contributed by atoms with van der Waals surface area (Å²) < 4.78 is 34.8. The van der Waals surface area contributed by atoms with Crippen LogP contribution in [0, 0.1) is 11.6 Å². The maximum atomic E-state index is 14.2. The zero-order valence-corrected chi connectivity index (χ0v) is 17.2. The average Bonchev–Trinajstić information content (AvgIpc) is 2.41. The first kappa shape index (κ1) is 16.9. The molecular formula is C12H3Br5F2O. The van der Waals surface area contributed by atoms with E-state index in [0.29, 0.717) is 10.2 Å². The zero-order chi connectivity index (χ0) is 15.0. The summed E-state index contributed by atoms with van der Waals surface area (Å²) >= 11 is 15.5. The standard InChI is InChI=1S/C12H3Br5F2O/c13-4-1-2-6(5(14)3-4)20-12-9(17)10(18)7(15)8(16)11(12)19/h1-3H. The Morgan fingerprint density at radius 1 is 0.800 bits per heavy atom. The van der Waals surface area contributed by atoms with Gasteiger partial charge in [0.25, 0.3) is 0 Å². The minimum Gasteiger partial charge on any atom is -0.452 e.